The van der Waals surface area contributed by atoms with Gasteiger partial charge in [0.15, 0.2) is 0 Å². The second-order valence-corrected chi connectivity index (χ2v) is 4.77. The molecular formula is C16H18ClNO. The maximum atomic E-state index is 6.19. The molecule has 0 saturated carbocycles. The Kier molecular flexibility index (Phi) is 4.69. The molecule has 0 spiro atoms. The molecule has 2 rings (SSSR count). The topological polar surface area (TPSA) is 21.3 Å². The van der Waals surface area contributed by atoms with E-state index in [1.165, 1.54) is 5.56 Å². The summed E-state index contributed by atoms with van der Waals surface area (Å²) in [7, 11) is 0. The van der Waals surface area contributed by atoms with E-state index in [9.17, 15) is 0 Å². The van der Waals surface area contributed by atoms with Crippen molar-refractivity contribution in [1.82, 2.24) is 0 Å². The molecule has 0 amide bonds. The molecule has 100 valence electrons. The molecule has 2 aromatic rings. The largest absolute Gasteiger partial charge is 0.494 e. The zero-order valence-electron chi connectivity index (χ0n) is 11.2. The van der Waals surface area contributed by atoms with Gasteiger partial charge in [-0.05, 0) is 43.2 Å². The van der Waals surface area contributed by atoms with Crippen LogP contribution in [0.2, 0.25) is 5.02 Å². The number of benzene rings is 2. The van der Waals surface area contributed by atoms with Crippen LogP contribution < -0.4 is 10.1 Å². The van der Waals surface area contributed by atoms with E-state index in [0.29, 0.717) is 6.61 Å². The maximum Gasteiger partial charge on any atom is 0.119 e. The summed E-state index contributed by atoms with van der Waals surface area (Å²) in [6.07, 6.45) is 0. The molecule has 2 aromatic carbocycles. The maximum absolute atomic E-state index is 6.19. The molecule has 0 aliphatic carbocycles. The van der Waals surface area contributed by atoms with Crippen molar-refractivity contribution in [3.8, 4) is 5.75 Å². The predicted molar refractivity (Wildman–Crippen MR) is 81.1 cm³/mol. The average molecular weight is 276 g/mol. The van der Waals surface area contributed by atoms with E-state index in [2.05, 4.69) is 11.4 Å². The minimum absolute atomic E-state index is 0.681. The van der Waals surface area contributed by atoms with Gasteiger partial charge in [-0.3, -0.25) is 0 Å². The van der Waals surface area contributed by atoms with Crippen LogP contribution in [0.3, 0.4) is 0 Å². The van der Waals surface area contributed by atoms with Crippen molar-refractivity contribution in [2.45, 2.75) is 20.4 Å². The quantitative estimate of drug-likeness (QED) is 0.857. The Morgan fingerprint density at radius 2 is 1.95 bits per heavy atom. The Morgan fingerprint density at radius 1 is 1.16 bits per heavy atom. The highest BCUT2D eigenvalue weighted by Gasteiger charge is 2.03. The first-order valence-electron chi connectivity index (χ1n) is 6.41. The van der Waals surface area contributed by atoms with E-state index >= 15 is 0 Å². The van der Waals surface area contributed by atoms with Crippen LogP contribution in [0, 0.1) is 6.92 Å². The van der Waals surface area contributed by atoms with Gasteiger partial charge >= 0.3 is 0 Å². The van der Waals surface area contributed by atoms with E-state index in [4.69, 9.17) is 16.3 Å². The van der Waals surface area contributed by atoms with Crippen molar-refractivity contribution < 1.29 is 4.74 Å². The Hall–Kier alpha value is -1.67. The Bertz CT molecular complexity index is 534. The van der Waals surface area contributed by atoms with Gasteiger partial charge in [0.25, 0.3) is 0 Å². The molecule has 0 bridgehead atoms. The van der Waals surface area contributed by atoms with Gasteiger partial charge in [0, 0.05) is 6.54 Å². The normalized spacial score (nSPS) is 10.3. The SMILES string of the molecule is CCOc1cccc(CNc2c(C)cccc2Cl)c1. The Balaban J connectivity index is 2.08. The Labute approximate surface area is 119 Å². The zero-order chi connectivity index (χ0) is 13.7. The summed E-state index contributed by atoms with van der Waals surface area (Å²) < 4.78 is 5.49. The molecule has 2 nitrogen and oxygen atoms in total. The van der Waals surface area contributed by atoms with Gasteiger partial charge in [-0.25, -0.2) is 0 Å². The fourth-order valence-electron chi connectivity index (χ4n) is 1.96. The number of ether oxygens (including phenoxy) is 1. The van der Waals surface area contributed by atoms with Gasteiger partial charge in [-0.15, -0.1) is 0 Å². The third kappa shape index (κ3) is 3.65. The van der Waals surface area contributed by atoms with Gasteiger partial charge in [0.2, 0.25) is 0 Å². The van der Waals surface area contributed by atoms with Crippen molar-refractivity contribution in [2.24, 2.45) is 0 Å². The number of anilines is 1. The summed E-state index contributed by atoms with van der Waals surface area (Å²) in [4.78, 5) is 0. The van der Waals surface area contributed by atoms with E-state index in [0.717, 1.165) is 28.6 Å². The van der Waals surface area contributed by atoms with Crippen molar-refractivity contribution in [3.63, 3.8) is 0 Å². The van der Waals surface area contributed by atoms with Gasteiger partial charge in [-0.1, -0.05) is 35.9 Å². The first-order valence-corrected chi connectivity index (χ1v) is 6.79. The van der Waals surface area contributed by atoms with Crippen LogP contribution in [-0.2, 0) is 6.54 Å². The molecule has 0 aliphatic rings. The number of hydrogen-bond donors (Lipinski definition) is 1. The molecule has 0 heterocycles. The highest BCUT2D eigenvalue weighted by Crippen LogP contribution is 2.26. The number of nitrogens with one attached hydrogen (secondary N) is 1. The number of rotatable bonds is 5. The monoisotopic (exact) mass is 275 g/mol. The van der Waals surface area contributed by atoms with E-state index in [1.54, 1.807) is 0 Å². The lowest BCUT2D eigenvalue weighted by Gasteiger charge is -2.12. The van der Waals surface area contributed by atoms with E-state index in [-0.39, 0.29) is 0 Å². The van der Waals surface area contributed by atoms with Crippen molar-refractivity contribution in [3.05, 3.63) is 58.6 Å². The van der Waals surface area contributed by atoms with Crippen LogP contribution in [0.4, 0.5) is 5.69 Å². The van der Waals surface area contributed by atoms with Crippen molar-refractivity contribution in [2.75, 3.05) is 11.9 Å². The molecule has 1 N–H and O–H groups in total. The molecule has 3 heteroatoms. The number of aryl methyl sites for hydroxylation is 1. The van der Waals surface area contributed by atoms with Crippen LogP contribution in [-0.4, -0.2) is 6.61 Å². The minimum atomic E-state index is 0.681. The molecule has 0 aromatic heterocycles. The smallest absolute Gasteiger partial charge is 0.119 e. The number of para-hydroxylation sites is 1. The number of hydrogen-bond acceptors (Lipinski definition) is 2. The highest BCUT2D eigenvalue weighted by atomic mass is 35.5. The van der Waals surface area contributed by atoms with Gasteiger partial charge in [0.1, 0.15) is 5.75 Å². The molecule has 19 heavy (non-hydrogen) atoms. The molecule has 0 aliphatic heterocycles. The second kappa shape index (κ2) is 6.48. The summed E-state index contributed by atoms with van der Waals surface area (Å²) in [5.74, 6) is 0.901. The third-order valence-electron chi connectivity index (χ3n) is 2.90. The fourth-order valence-corrected chi connectivity index (χ4v) is 2.25. The van der Waals surface area contributed by atoms with Crippen molar-refractivity contribution in [1.29, 1.82) is 0 Å². The Morgan fingerprint density at radius 3 is 2.68 bits per heavy atom. The van der Waals surface area contributed by atoms with Crippen molar-refractivity contribution >= 4 is 17.3 Å². The lowest BCUT2D eigenvalue weighted by molar-refractivity contribution is 0.340. The summed E-state index contributed by atoms with van der Waals surface area (Å²) in [6, 6.07) is 14.0. The second-order valence-electron chi connectivity index (χ2n) is 4.37. The standard InChI is InChI=1S/C16H18ClNO/c1-3-19-14-8-5-7-13(10-14)11-18-16-12(2)6-4-9-15(16)17/h4-10,18H,3,11H2,1-2H3. The molecule has 0 fully saturated rings. The number of halogens is 1. The van der Waals surface area contributed by atoms with Gasteiger partial charge < -0.3 is 10.1 Å². The minimum Gasteiger partial charge on any atom is -0.494 e. The summed E-state index contributed by atoms with van der Waals surface area (Å²) >= 11 is 6.19. The van der Waals surface area contributed by atoms with Gasteiger partial charge in [0.05, 0.1) is 17.3 Å². The highest BCUT2D eigenvalue weighted by molar-refractivity contribution is 6.33. The van der Waals surface area contributed by atoms with Crippen LogP contribution in [0.1, 0.15) is 18.1 Å². The van der Waals surface area contributed by atoms with E-state index < -0.39 is 0 Å². The van der Waals surface area contributed by atoms with Crippen LogP contribution >= 0.6 is 11.6 Å². The first kappa shape index (κ1) is 13.8. The summed E-state index contributed by atoms with van der Waals surface area (Å²) in [5.41, 5.74) is 3.31. The summed E-state index contributed by atoms with van der Waals surface area (Å²) in [5, 5.41) is 4.13. The van der Waals surface area contributed by atoms with Crippen LogP contribution in [0.5, 0.6) is 5.75 Å². The van der Waals surface area contributed by atoms with Gasteiger partial charge in [-0.2, -0.15) is 0 Å². The molecular weight excluding hydrogens is 258 g/mol. The lowest BCUT2D eigenvalue weighted by atomic mass is 10.1. The van der Waals surface area contributed by atoms with E-state index in [1.807, 2.05) is 50.2 Å². The average Bonchev–Trinajstić information content (AvgIpc) is 2.39. The third-order valence-corrected chi connectivity index (χ3v) is 3.22. The predicted octanol–water partition coefficient (Wildman–Crippen LogP) is 4.66. The molecule has 0 radical (unpaired) electrons. The van der Waals surface area contributed by atoms with Crippen LogP contribution in [0.25, 0.3) is 0 Å². The summed E-state index contributed by atoms with van der Waals surface area (Å²) in [6.45, 7) is 5.44. The first-order chi connectivity index (χ1) is 9.20. The molecule has 0 atom stereocenters. The lowest BCUT2D eigenvalue weighted by Crippen LogP contribution is -2.02. The zero-order valence-corrected chi connectivity index (χ0v) is 12.0. The molecule has 0 unspecified atom stereocenters. The van der Waals surface area contributed by atoms with Crippen LogP contribution in [0.15, 0.2) is 42.5 Å². The fraction of sp³-hybridized carbons (Fsp3) is 0.250. The molecule has 0 saturated heterocycles.